The van der Waals surface area contributed by atoms with Crippen LogP contribution in [0.4, 0.5) is 0 Å². The number of carbonyl (C=O) groups excluding carboxylic acids is 1. The van der Waals surface area contributed by atoms with E-state index >= 15 is 0 Å². The standard InChI is InChI=1S/C19H22N4O3/c1-13-17-14(2)26-22-18(17)19(25)23(21-13)12-10-16(24)20-11-6-9-15-7-4-3-5-8-15/h3-5,7-8H,6,9-12H2,1-2H3,(H,20,24). The highest BCUT2D eigenvalue weighted by Crippen LogP contribution is 2.16. The Morgan fingerprint density at radius 2 is 2.00 bits per heavy atom. The highest BCUT2D eigenvalue weighted by atomic mass is 16.5. The van der Waals surface area contributed by atoms with Crippen LogP contribution in [0.3, 0.4) is 0 Å². The number of aryl methyl sites for hydroxylation is 4. The second kappa shape index (κ2) is 7.95. The second-order valence-corrected chi connectivity index (χ2v) is 6.27. The number of nitrogens with zero attached hydrogens (tertiary/aromatic N) is 3. The number of benzene rings is 1. The zero-order chi connectivity index (χ0) is 18.5. The normalized spacial score (nSPS) is 11.0. The van der Waals surface area contributed by atoms with Gasteiger partial charge < -0.3 is 9.84 Å². The van der Waals surface area contributed by atoms with Crippen molar-refractivity contribution in [2.24, 2.45) is 0 Å². The van der Waals surface area contributed by atoms with Gasteiger partial charge in [0.05, 0.1) is 17.6 Å². The molecule has 0 fully saturated rings. The van der Waals surface area contributed by atoms with Crippen molar-refractivity contribution >= 4 is 16.8 Å². The Hall–Kier alpha value is -2.96. The van der Waals surface area contributed by atoms with Gasteiger partial charge in [0.25, 0.3) is 5.56 Å². The maximum absolute atomic E-state index is 12.4. The van der Waals surface area contributed by atoms with Crippen LogP contribution in [0.5, 0.6) is 0 Å². The molecule has 2 aromatic heterocycles. The lowest BCUT2D eigenvalue weighted by Gasteiger charge is -2.07. The van der Waals surface area contributed by atoms with Gasteiger partial charge in [-0.2, -0.15) is 5.10 Å². The van der Waals surface area contributed by atoms with Gasteiger partial charge in [0.1, 0.15) is 5.76 Å². The minimum Gasteiger partial charge on any atom is -0.360 e. The summed E-state index contributed by atoms with van der Waals surface area (Å²) < 4.78 is 6.36. The van der Waals surface area contributed by atoms with Crippen molar-refractivity contribution in [3.63, 3.8) is 0 Å². The average molecular weight is 354 g/mol. The molecule has 0 atom stereocenters. The smallest absolute Gasteiger partial charge is 0.296 e. The molecule has 3 rings (SSSR count). The molecule has 0 spiro atoms. The van der Waals surface area contributed by atoms with Gasteiger partial charge in [0.15, 0.2) is 5.52 Å². The van der Waals surface area contributed by atoms with Crippen molar-refractivity contribution in [3.8, 4) is 0 Å². The first-order chi connectivity index (χ1) is 12.6. The van der Waals surface area contributed by atoms with E-state index in [2.05, 4.69) is 27.7 Å². The number of aromatic nitrogens is 3. The first-order valence-corrected chi connectivity index (χ1v) is 8.70. The lowest BCUT2D eigenvalue weighted by molar-refractivity contribution is -0.121. The van der Waals surface area contributed by atoms with Crippen LogP contribution in [0.15, 0.2) is 39.6 Å². The summed E-state index contributed by atoms with van der Waals surface area (Å²) in [7, 11) is 0. The molecule has 1 amide bonds. The Balaban J connectivity index is 1.51. The molecule has 3 aromatic rings. The number of fused-ring (bicyclic) bond motifs is 1. The summed E-state index contributed by atoms with van der Waals surface area (Å²) in [6, 6.07) is 10.1. The maximum Gasteiger partial charge on any atom is 0.296 e. The summed E-state index contributed by atoms with van der Waals surface area (Å²) in [4.78, 5) is 24.4. The Morgan fingerprint density at radius 3 is 2.77 bits per heavy atom. The predicted molar refractivity (Wildman–Crippen MR) is 97.9 cm³/mol. The molecule has 7 nitrogen and oxygen atoms in total. The Bertz CT molecular complexity index is 960. The minimum absolute atomic E-state index is 0.0964. The molecular weight excluding hydrogens is 332 g/mol. The minimum atomic E-state index is -0.334. The fourth-order valence-electron chi connectivity index (χ4n) is 2.96. The summed E-state index contributed by atoms with van der Waals surface area (Å²) in [5.41, 5.74) is 1.85. The molecule has 0 bridgehead atoms. The molecule has 0 saturated heterocycles. The van der Waals surface area contributed by atoms with Gasteiger partial charge in [-0.25, -0.2) is 4.68 Å². The molecule has 0 radical (unpaired) electrons. The Kier molecular flexibility index (Phi) is 5.46. The van der Waals surface area contributed by atoms with Crippen molar-refractivity contribution in [2.45, 2.75) is 39.7 Å². The van der Waals surface area contributed by atoms with Crippen LogP contribution in [0.2, 0.25) is 0 Å². The number of amides is 1. The highest BCUT2D eigenvalue weighted by Gasteiger charge is 2.15. The third-order valence-electron chi connectivity index (χ3n) is 4.29. The molecule has 136 valence electrons. The quantitative estimate of drug-likeness (QED) is 0.657. The zero-order valence-electron chi connectivity index (χ0n) is 15.0. The molecule has 26 heavy (non-hydrogen) atoms. The van der Waals surface area contributed by atoms with Crippen LogP contribution in [0.1, 0.15) is 29.9 Å². The van der Waals surface area contributed by atoms with Gasteiger partial charge in [0, 0.05) is 13.0 Å². The maximum atomic E-state index is 12.4. The molecule has 7 heteroatoms. The van der Waals surface area contributed by atoms with E-state index in [9.17, 15) is 9.59 Å². The Labute approximate surface area is 151 Å². The lowest BCUT2D eigenvalue weighted by Crippen LogP contribution is -2.30. The summed E-state index contributed by atoms with van der Waals surface area (Å²) in [6.07, 6.45) is 1.99. The molecule has 1 aromatic carbocycles. The van der Waals surface area contributed by atoms with Crippen molar-refractivity contribution < 1.29 is 9.32 Å². The van der Waals surface area contributed by atoms with E-state index in [4.69, 9.17) is 4.52 Å². The number of rotatable bonds is 7. The van der Waals surface area contributed by atoms with Crippen LogP contribution in [-0.2, 0) is 17.8 Å². The molecule has 0 aliphatic rings. The van der Waals surface area contributed by atoms with Crippen LogP contribution < -0.4 is 10.9 Å². The Morgan fingerprint density at radius 1 is 1.23 bits per heavy atom. The third-order valence-corrected chi connectivity index (χ3v) is 4.29. The van der Waals surface area contributed by atoms with Gasteiger partial charge in [-0.3, -0.25) is 9.59 Å². The number of hydrogen-bond acceptors (Lipinski definition) is 5. The molecular formula is C19H22N4O3. The fraction of sp³-hybridized carbons (Fsp3) is 0.368. The molecule has 0 aliphatic heterocycles. The predicted octanol–water partition coefficient (Wildman–Crippen LogP) is 2.14. The van der Waals surface area contributed by atoms with Crippen molar-refractivity contribution in [1.82, 2.24) is 20.3 Å². The van der Waals surface area contributed by atoms with Gasteiger partial charge in [-0.15, -0.1) is 0 Å². The zero-order valence-corrected chi connectivity index (χ0v) is 15.0. The van der Waals surface area contributed by atoms with E-state index in [-0.39, 0.29) is 29.9 Å². The van der Waals surface area contributed by atoms with Gasteiger partial charge in [-0.05, 0) is 32.3 Å². The van der Waals surface area contributed by atoms with E-state index in [1.165, 1.54) is 10.2 Å². The fourth-order valence-corrected chi connectivity index (χ4v) is 2.96. The molecule has 1 N–H and O–H groups in total. The summed E-state index contributed by atoms with van der Waals surface area (Å²) in [5, 5.41) is 11.6. The van der Waals surface area contributed by atoms with Gasteiger partial charge in [0.2, 0.25) is 5.91 Å². The SMILES string of the molecule is Cc1nn(CCC(=O)NCCCc2ccccc2)c(=O)c2noc(C)c12. The first kappa shape index (κ1) is 17.8. The van der Waals surface area contributed by atoms with Crippen molar-refractivity contribution in [3.05, 3.63) is 57.7 Å². The first-order valence-electron chi connectivity index (χ1n) is 8.70. The molecule has 0 aliphatic carbocycles. The van der Waals surface area contributed by atoms with Gasteiger partial charge >= 0.3 is 0 Å². The molecule has 2 heterocycles. The molecule has 0 unspecified atom stereocenters. The van der Waals surface area contributed by atoms with Crippen molar-refractivity contribution in [2.75, 3.05) is 6.54 Å². The molecule has 0 saturated carbocycles. The highest BCUT2D eigenvalue weighted by molar-refractivity contribution is 5.81. The third kappa shape index (κ3) is 3.99. The number of hydrogen-bond donors (Lipinski definition) is 1. The number of nitrogens with one attached hydrogen (secondary N) is 1. The summed E-state index contributed by atoms with van der Waals surface area (Å²) in [5.74, 6) is 0.478. The van der Waals surface area contributed by atoms with E-state index in [1.54, 1.807) is 13.8 Å². The lowest BCUT2D eigenvalue weighted by atomic mass is 10.1. The summed E-state index contributed by atoms with van der Waals surface area (Å²) >= 11 is 0. The van der Waals surface area contributed by atoms with Crippen LogP contribution in [0, 0.1) is 13.8 Å². The average Bonchev–Trinajstić information content (AvgIpc) is 3.04. The van der Waals surface area contributed by atoms with Crippen LogP contribution in [-0.4, -0.2) is 27.4 Å². The van der Waals surface area contributed by atoms with E-state index < -0.39 is 0 Å². The monoisotopic (exact) mass is 354 g/mol. The van der Waals surface area contributed by atoms with E-state index in [0.717, 1.165) is 12.8 Å². The second-order valence-electron chi connectivity index (χ2n) is 6.27. The van der Waals surface area contributed by atoms with Crippen LogP contribution in [0.25, 0.3) is 10.9 Å². The topological polar surface area (TPSA) is 90.0 Å². The van der Waals surface area contributed by atoms with Gasteiger partial charge in [-0.1, -0.05) is 35.5 Å². The number of carbonyl (C=O) groups is 1. The van der Waals surface area contributed by atoms with Crippen molar-refractivity contribution in [1.29, 1.82) is 0 Å². The summed E-state index contributed by atoms with van der Waals surface area (Å²) in [6.45, 7) is 4.37. The van der Waals surface area contributed by atoms with Crippen LogP contribution >= 0.6 is 0 Å². The largest absolute Gasteiger partial charge is 0.360 e. The van der Waals surface area contributed by atoms with E-state index in [1.807, 2.05) is 18.2 Å². The van der Waals surface area contributed by atoms with E-state index in [0.29, 0.717) is 23.4 Å².